The first-order valence-corrected chi connectivity index (χ1v) is 6.05. The van der Waals surface area contributed by atoms with Gasteiger partial charge in [0.25, 0.3) is 0 Å². The van der Waals surface area contributed by atoms with E-state index in [4.69, 9.17) is 0 Å². The van der Waals surface area contributed by atoms with Gasteiger partial charge < -0.3 is 5.32 Å². The van der Waals surface area contributed by atoms with Crippen LogP contribution in [-0.2, 0) is 6.54 Å². The lowest BCUT2D eigenvalue weighted by molar-refractivity contribution is 0.304. The first-order valence-electron chi connectivity index (χ1n) is 6.05. The molecule has 1 fully saturated rings. The molecule has 2 rings (SSSR count). The van der Waals surface area contributed by atoms with Crippen LogP contribution in [0, 0.1) is 5.92 Å². The summed E-state index contributed by atoms with van der Waals surface area (Å²) in [6.07, 6.45) is 9.33. The Bertz CT molecular complexity index is 260. The number of aromatic nitrogens is 2. The van der Waals surface area contributed by atoms with Crippen LogP contribution in [0.1, 0.15) is 32.6 Å². The molecule has 0 aromatic carbocycles. The van der Waals surface area contributed by atoms with E-state index in [0.29, 0.717) is 0 Å². The molecule has 0 radical (unpaired) electrons. The molecule has 84 valence electrons. The van der Waals surface area contributed by atoms with Crippen LogP contribution in [0.25, 0.3) is 0 Å². The predicted octanol–water partition coefficient (Wildman–Crippen LogP) is 2.05. The topological polar surface area (TPSA) is 29.9 Å². The molecule has 1 aliphatic rings. The van der Waals surface area contributed by atoms with Crippen molar-refractivity contribution in [2.45, 2.75) is 45.2 Å². The van der Waals surface area contributed by atoms with E-state index in [1.165, 1.54) is 25.7 Å². The molecular formula is C12H21N3. The van der Waals surface area contributed by atoms with Gasteiger partial charge in [0, 0.05) is 25.0 Å². The van der Waals surface area contributed by atoms with E-state index in [-0.39, 0.29) is 0 Å². The van der Waals surface area contributed by atoms with Crippen molar-refractivity contribution >= 4 is 0 Å². The molecule has 3 nitrogen and oxygen atoms in total. The Morgan fingerprint density at radius 2 is 2.13 bits per heavy atom. The monoisotopic (exact) mass is 207 g/mol. The van der Waals surface area contributed by atoms with Crippen LogP contribution in [0.5, 0.6) is 0 Å². The molecule has 0 spiro atoms. The van der Waals surface area contributed by atoms with Crippen LogP contribution < -0.4 is 5.32 Å². The summed E-state index contributed by atoms with van der Waals surface area (Å²) in [6.45, 7) is 4.39. The van der Waals surface area contributed by atoms with Crippen LogP contribution in [0.2, 0.25) is 0 Å². The van der Waals surface area contributed by atoms with Gasteiger partial charge in [-0.3, -0.25) is 4.68 Å². The van der Waals surface area contributed by atoms with Gasteiger partial charge in [-0.1, -0.05) is 6.92 Å². The summed E-state index contributed by atoms with van der Waals surface area (Å²) in [5, 5.41) is 7.81. The molecule has 1 saturated carbocycles. The van der Waals surface area contributed by atoms with Gasteiger partial charge in [0.05, 0.1) is 6.54 Å². The van der Waals surface area contributed by atoms with Crippen LogP contribution >= 0.6 is 0 Å². The second kappa shape index (κ2) is 5.31. The standard InChI is InChI=1S/C12H21N3/c1-11-3-5-12(6-4-11)13-8-10-15-9-2-7-14-15/h2,7,9,11-13H,3-6,8,10H2,1H3. The highest BCUT2D eigenvalue weighted by atomic mass is 15.3. The summed E-state index contributed by atoms with van der Waals surface area (Å²) in [5.74, 6) is 0.939. The third kappa shape index (κ3) is 3.34. The van der Waals surface area contributed by atoms with E-state index in [1.54, 1.807) is 0 Å². The number of hydrogen-bond donors (Lipinski definition) is 1. The fraction of sp³-hybridized carbons (Fsp3) is 0.750. The molecule has 0 aliphatic heterocycles. The zero-order valence-corrected chi connectivity index (χ0v) is 9.52. The van der Waals surface area contributed by atoms with Crippen LogP contribution in [0.4, 0.5) is 0 Å². The molecule has 1 N–H and O–H groups in total. The van der Waals surface area contributed by atoms with E-state index in [0.717, 1.165) is 25.0 Å². The first-order chi connectivity index (χ1) is 7.34. The minimum absolute atomic E-state index is 0.747. The average molecular weight is 207 g/mol. The van der Waals surface area contributed by atoms with Gasteiger partial charge in [-0.2, -0.15) is 5.10 Å². The summed E-state index contributed by atoms with van der Waals surface area (Å²) in [4.78, 5) is 0. The van der Waals surface area contributed by atoms with E-state index < -0.39 is 0 Å². The Morgan fingerprint density at radius 1 is 1.33 bits per heavy atom. The summed E-state index contributed by atoms with van der Waals surface area (Å²) in [5.41, 5.74) is 0. The second-order valence-electron chi connectivity index (χ2n) is 4.68. The van der Waals surface area contributed by atoms with Crippen molar-refractivity contribution in [3.8, 4) is 0 Å². The Kier molecular flexibility index (Phi) is 3.78. The van der Waals surface area contributed by atoms with Gasteiger partial charge in [0.1, 0.15) is 0 Å². The van der Waals surface area contributed by atoms with Gasteiger partial charge in [-0.25, -0.2) is 0 Å². The van der Waals surface area contributed by atoms with Gasteiger partial charge in [-0.05, 0) is 37.7 Å². The SMILES string of the molecule is CC1CCC(NCCn2cccn2)CC1. The van der Waals surface area contributed by atoms with Crippen molar-refractivity contribution in [1.82, 2.24) is 15.1 Å². The van der Waals surface area contributed by atoms with E-state index in [2.05, 4.69) is 17.3 Å². The van der Waals surface area contributed by atoms with Gasteiger partial charge in [-0.15, -0.1) is 0 Å². The summed E-state index contributed by atoms with van der Waals surface area (Å²) >= 11 is 0. The van der Waals surface area contributed by atoms with Crippen molar-refractivity contribution in [3.63, 3.8) is 0 Å². The Labute approximate surface area is 91.9 Å². The third-order valence-electron chi connectivity index (χ3n) is 3.35. The average Bonchev–Trinajstić information content (AvgIpc) is 2.74. The largest absolute Gasteiger partial charge is 0.312 e. The molecule has 0 saturated heterocycles. The first kappa shape index (κ1) is 10.7. The lowest BCUT2D eigenvalue weighted by Gasteiger charge is -2.27. The highest BCUT2D eigenvalue weighted by Crippen LogP contribution is 2.23. The molecular weight excluding hydrogens is 186 g/mol. The van der Waals surface area contributed by atoms with Crippen molar-refractivity contribution in [3.05, 3.63) is 18.5 Å². The molecule has 15 heavy (non-hydrogen) atoms. The summed E-state index contributed by atoms with van der Waals surface area (Å²) in [7, 11) is 0. The van der Waals surface area contributed by atoms with Crippen molar-refractivity contribution in [2.75, 3.05) is 6.54 Å². The molecule has 3 heteroatoms. The molecule has 0 amide bonds. The maximum absolute atomic E-state index is 4.19. The fourth-order valence-corrected chi connectivity index (χ4v) is 2.28. The maximum atomic E-state index is 4.19. The number of rotatable bonds is 4. The minimum Gasteiger partial charge on any atom is -0.312 e. The summed E-state index contributed by atoms with van der Waals surface area (Å²) < 4.78 is 1.98. The van der Waals surface area contributed by atoms with Crippen molar-refractivity contribution < 1.29 is 0 Å². The Hall–Kier alpha value is -0.830. The lowest BCUT2D eigenvalue weighted by Crippen LogP contribution is -2.34. The normalized spacial score (nSPS) is 26.7. The van der Waals surface area contributed by atoms with E-state index in [9.17, 15) is 0 Å². The third-order valence-corrected chi connectivity index (χ3v) is 3.35. The number of nitrogens with one attached hydrogen (secondary N) is 1. The minimum atomic E-state index is 0.747. The van der Waals surface area contributed by atoms with Crippen LogP contribution in [0.3, 0.4) is 0 Å². The number of hydrogen-bond acceptors (Lipinski definition) is 2. The Morgan fingerprint density at radius 3 is 2.80 bits per heavy atom. The van der Waals surface area contributed by atoms with Gasteiger partial charge in [0.2, 0.25) is 0 Å². The van der Waals surface area contributed by atoms with Gasteiger partial charge in [0.15, 0.2) is 0 Å². The zero-order chi connectivity index (χ0) is 10.5. The zero-order valence-electron chi connectivity index (χ0n) is 9.52. The number of nitrogens with zero attached hydrogens (tertiary/aromatic N) is 2. The van der Waals surface area contributed by atoms with E-state index >= 15 is 0 Å². The van der Waals surface area contributed by atoms with Gasteiger partial charge >= 0.3 is 0 Å². The highest BCUT2D eigenvalue weighted by molar-refractivity contribution is 4.79. The van der Waals surface area contributed by atoms with E-state index in [1.807, 2.05) is 23.1 Å². The quantitative estimate of drug-likeness (QED) is 0.819. The van der Waals surface area contributed by atoms with Crippen LogP contribution in [0.15, 0.2) is 18.5 Å². The molecule has 0 unspecified atom stereocenters. The second-order valence-corrected chi connectivity index (χ2v) is 4.68. The molecule has 0 bridgehead atoms. The van der Waals surface area contributed by atoms with Crippen molar-refractivity contribution in [2.24, 2.45) is 5.92 Å². The maximum Gasteiger partial charge on any atom is 0.0534 e. The molecule has 0 atom stereocenters. The molecule has 1 aromatic heterocycles. The molecule has 1 aromatic rings. The highest BCUT2D eigenvalue weighted by Gasteiger charge is 2.16. The lowest BCUT2D eigenvalue weighted by atomic mass is 9.87. The smallest absolute Gasteiger partial charge is 0.0534 e. The van der Waals surface area contributed by atoms with Crippen LogP contribution in [-0.4, -0.2) is 22.4 Å². The molecule has 1 heterocycles. The van der Waals surface area contributed by atoms with Crippen molar-refractivity contribution in [1.29, 1.82) is 0 Å². The fourth-order valence-electron chi connectivity index (χ4n) is 2.28. The Balaban J connectivity index is 1.62. The molecule has 1 aliphatic carbocycles. The summed E-state index contributed by atoms with van der Waals surface area (Å²) in [6, 6.07) is 2.72. The predicted molar refractivity (Wildman–Crippen MR) is 61.6 cm³/mol.